The van der Waals surface area contributed by atoms with Gasteiger partial charge in [-0.15, -0.1) is 0 Å². The normalized spacial score (nSPS) is 10.7. The Kier molecular flexibility index (Phi) is 5.14. The monoisotopic (exact) mass is 374 g/mol. The van der Waals surface area contributed by atoms with E-state index in [4.69, 9.17) is 25.5 Å². The van der Waals surface area contributed by atoms with Crippen LogP contribution in [0.3, 0.4) is 0 Å². The Balaban J connectivity index is 2.15. The molecule has 3 aromatic rings. The van der Waals surface area contributed by atoms with Gasteiger partial charge in [0.15, 0.2) is 0 Å². The Morgan fingerprint density at radius 3 is 2.62 bits per heavy atom. The van der Waals surface area contributed by atoms with Crippen LogP contribution in [-0.4, -0.2) is 17.9 Å². The Morgan fingerprint density at radius 1 is 1.19 bits per heavy atom. The SMILES string of the molecule is CCOC(=O)Oc1c(Cc2ccc(Cl)cc2)c2ccc(O)cc2oc1=O. The van der Waals surface area contributed by atoms with Gasteiger partial charge in [0.05, 0.1) is 6.61 Å². The number of phenols is 1. The maximum atomic E-state index is 12.3. The van der Waals surface area contributed by atoms with Gasteiger partial charge in [0, 0.05) is 28.5 Å². The van der Waals surface area contributed by atoms with E-state index in [1.807, 2.05) is 0 Å². The van der Waals surface area contributed by atoms with E-state index in [1.165, 1.54) is 12.1 Å². The van der Waals surface area contributed by atoms with Crippen LogP contribution in [0.5, 0.6) is 11.5 Å². The summed E-state index contributed by atoms with van der Waals surface area (Å²) in [7, 11) is 0. The zero-order valence-corrected chi connectivity index (χ0v) is 14.6. The van der Waals surface area contributed by atoms with E-state index in [0.29, 0.717) is 22.4 Å². The third-order valence-corrected chi connectivity index (χ3v) is 3.95. The van der Waals surface area contributed by atoms with Crippen LogP contribution in [0, 0.1) is 0 Å². The quantitative estimate of drug-likeness (QED) is 0.542. The van der Waals surface area contributed by atoms with Gasteiger partial charge in [-0.25, -0.2) is 9.59 Å². The van der Waals surface area contributed by atoms with Crippen molar-refractivity contribution in [2.75, 3.05) is 6.61 Å². The zero-order valence-electron chi connectivity index (χ0n) is 13.8. The van der Waals surface area contributed by atoms with Crippen molar-refractivity contribution in [3.63, 3.8) is 0 Å². The van der Waals surface area contributed by atoms with Gasteiger partial charge in [0.1, 0.15) is 11.3 Å². The van der Waals surface area contributed by atoms with Gasteiger partial charge in [-0.1, -0.05) is 23.7 Å². The van der Waals surface area contributed by atoms with Crippen LogP contribution in [-0.2, 0) is 11.2 Å². The summed E-state index contributed by atoms with van der Waals surface area (Å²) in [5.74, 6) is -0.284. The second-order valence-electron chi connectivity index (χ2n) is 5.47. The van der Waals surface area contributed by atoms with Crippen LogP contribution in [0.2, 0.25) is 5.02 Å². The van der Waals surface area contributed by atoms with Crippen molar-refractivity contribution in [1.82, 2.24) is 0 Å². The van der Waals surface area contributed by atoms with Crippen LogP contribution in [0.25, 0.3) is 11.0 Å². The molecule has 2 aromatic carbocycles. The average Bonchev–Trinajstić information content (AvgIpc) is 2.59. The highest BCUT2D eigenvalue weighted by molar-refractivity contribution is 6.30. The zero-order chi connectivity index (χ0) is 18.7. The van der Waals surface area contributed by atoms with E-state index in [9.17, 15) is 14.7 Å². The molecule has 0 saturated carbocycles. The van der Waals surface area contributed by atoms with Crippen molar-refractivity contribution in [2.24, 2.45) is 0 Å². The number of phenolic OH excluding ortho intramolecular Hbond substituents is 1. The number of ether oxygens (including phenoxy) is 2. The number of carbonyl (C=O) groups is 1. The van der Waals surface area contributed by atoms with Gasteiger partial charge in [-0.3, -0.25) is 0 Å². The fourth-order valence-corrected chi connectivity index (χ4v) is 2.68. The van der Waals surface area contributed by atoms with Crippen molar-refractivity contribution in [3.05, 3.63) is 69.0 Å². The van der Waals surface area contributed by atoms with Crippen LogP contribution in [0.1, 0.15) is 18.1 Å². The molecule has 0 unspecified atom stereocenters. The molecule has 0 radical (unpaired) electrons. The van der Waals surface area contributed by atoms with Gasteiger partial charge >= 0.3 is 11.8 Å². The third-order valence-electron chi connectivity index (χ3n) is 3.69. The standard InChI is InChI=1S/C19H15ClO6/c1-2-24-19(23)26-17-15(9-11-3-5-12(20)6-4-11)14-8-7-13(21)10-16(14)25-18(17)22/h3-8,10,21H,2,9H2,1H3. The molecule has 0 atom stereocenters. The minimum absolute atomic E-state index is 0.0443. The molecule has 0 fully saturated rings. The molecule has 3 rings (SSSR count). The molecule has 0 aliphatic carbocycles. The summed E-state index contributed by atoms with van der Waals surface area (Å²) >= 11 is 5.91. The summed E-state index contributed by atoms with van der Waals surface area (Å²) in [6, 6.07) is 11.4. The number of carbonyl (C=O) groups excluding carboxylic acids is 1. The second kappa shape index (κ2) is 7.49. The fourth-order valence-electron chi connectivity index (χ4n) is 2.55. The molecule has 1 heterocycles. The lowest BCUT2D eigenvalue weighted by Crippen LogP contribution is -2.17. The molecule has 1 N–H and O–H groups in total. The lowest BCUT2D eigenvalue weighted by Gasteiger charge is -2.12. The van der Waals surface area contributed by atoms with Gasteiger partial charge in [0.2, 0.25) is 5.75 Å². The number of fused-ring (bicyclic) bond motifs is 1. The predicted molar refractivity (Wildman–Crippen MR) is 96.1 cm³/mol. The maximum Gasteiger partial charge on any atom is 0.514 e. The van der Waals surface area contributed by atoms with Crippen LogP contribution in [0.4, 0.5) is 4.79 Å². The molecule has 0 aliphatic rings. The van der Waals surface area contributed by atoms with Gasteiger partial charge in [-0.05, 0) is 36.8 Å². The van der Waals surface area contributed by atoms with Gasteiger partial charge in [-0.2, -0.15) is 0 Å². The topological polar surface area (TPSA) is 86.0 Å². The van der Waals surface area contributed by atoms with E-state index in [0.717, 1.165) is 5.56 Å². The first kappa shape index (κ1) is 17.8. The molecule has 0 spiro atoms. The summed E-state index contributed by atoms with van der Waals surface area (Å²) in [6.07, 6.45) is -0.700. The van der Waals surface area contributed by atoms with E-state index in [1.54, 1.807) is 37.3 Å². The molecular weight excluding hydrogens is 360 g/mol. The average molecular weight is 375 g/mol. The summed E-state index contributed by atoms with van der Waals surface area (Å²) < 4.78 is 15.0. The van der Waals surface area contributed by atoms with Crippen LogP contribution < -0.4 is 10.4 Å². The molecular formula is C19H15ClO6. The molecule has 0 aliphatic heterocycles. The molecule has 6 nitrogen and oxygen atoms in total. The van der Waals surface area contributed by atoms with Crippen LogP contribution in [0.15, 0.2) is 51.7 Å². The van der Waals surface area contributed by atoms with Crippen molar-refractivity contribution in [1.29, 1.82) is 0 Å². The Morgan fingerprint density at radius 2 is 1.92 bits per heavy atom. The number of halogens is 1. The lowest BCUT2D eigenvalue weighted by molar-refractivity contribution is 0.102. The second-order valence-corrected chi connectivity index (χ2v) is 5.90. The summed E-state index contributed by atoms with van der Waals surface area (Å²) in [4.78, 5) is 24.1. The summed E-state index contributed by atoms with van der Waals surface area (Å²) in [5, 5.41) is 10.8. The first-order chi connectivity index (χ1) is 12.5. The highest BCUT2D eigenvalue weighted by Crippen LogP contribution is 2.30. The van der Waals surface area contributed by atoms with E-state index >= 15 is 0 Å². The minimum Gasteiger partial charge on any atom is -0.508 e. The lowest BCUT2D eigenvalue weighted by atomic mass is 10.0. The van der Waals surface area contributed by atoms with Gasteiger partial charge in [0.25, 0.3) is 0 Å². The summed E-state index contributed by atoms with van der Waals surface area (Å²) in [5.41, 5.74) is 0.657. The molecule has 134 valence electrons. The molecule has 0 saturated heterocycles. The Bertz CT molecular complexity index is 1010. The first-order valence-corrected chi connectivity index (χ1v) is 8.23. The van der Waals surface area contributed by atoms with E-state index in [2.05, 4.69) is 0 Å². The largest absolute Gasteiger partial charge is 0.514 e. The molecule has 0 bridgehead atoms. The highest BCUT2D eigenvalue weighted by atomic mass is 35.5. The number of hydrogen-bond acceptors (Lipinski definition) is 6. The third kappa shape index (κ3) is 3.81. The highest BCUT2D eigenvalue weighted by Gasteiger charge is 2.20. The minimum atomic E-state index is -0.990. The van der Waals surface area contributed by atoms with Crippen LogP contribution >= 0.6 is 11.6 Å². The fraction of sp³-hybridized carbons (Fsp3) is 0.158. The number of benzene rings is 2. The van der Waals surface area contributed by atoms with Crippen molar-refractivity contribution in [2.45, 2.75) is 13.3 Å². The van der Waals surface area contributed by atoms with Crippen molar-refractivity contribution < 1.29 is 23.8 Å². The van der Waals surface area contributed by atoms with Gasteiger partial charge < -0.3 is 19.0 Å². The van der Waals surface area contributed by atoms with E-state index < -0.39 is 11.8 Å². The smallest absolute Gasteiger partial charge is 0.508 e. The number of hydrogen-bond donors (Lipinski definition) is 1. The maximum absolute atomic E-state index is 12.3. The Hall–Kier alpha value is -2.99. The van der Waals surface area contributed by atoms with Crippen molar-refractivity contribution in [3.8, 4) is 11.5 Å². The van der Waals surface area contributed by atoms with Crippen molar-refractivity contribution >= 4 is 28.7 Å². The number of aromatic hydroxyl groups is 1. The molecule has 0 amide bonds. The Labute approximate surface area is 153 Å². The van der Waals surface area contributed by atoms with E-state index in [-0.39, 0.29) is 23.7 Å². The summed E-state index contributed by atoms with van der Waals surface area (Å²) in [6.45, 7) is 1.74. The first-order valence-electron chi connectivity index (χ1n) is 7.85. The predicted octanol–water partition coefficient (Wildman–Crippen LogP) is 4.28. The molecule has 26 heavy (non-hydrogen) atoms. The molecule has 7 heteroatoms. The number of rotatable bonds is 4. The molecule has 1 aromatic heterocycles.